The van der Waals surface area contributed by atoms with E-state index in [2.05, 4.69) is 21.2 Å². The minimum Gasteiger partial charge on any atom is -0.480 e. The van der Waals surface area contributed by atoms with Crippen molar-refractivity contribution in [3.8, 4) is 0 Å². The van der Waals surface area contributed by atoms with Crippen molar-refractivity contribution in [2.45, 2.75) is 44.6 Å². The first kappa shape index (κ1) is 18.9. The van der Waals surface area contributed by atoms with Crippen LogP contribution in [0.5, 0.6) is 0 Å². The van der Waals surface area contributed by atoms with Crippen molar-refractivity contribution in [1.82, 2.24) is 5.32 Å². The first-order chi connectivity index (χ1) is 11.4. The second-order valence-electron chi connectivity index (χ2n) is 6.58. The van der Waals surface area contributed by atoms with E-state index in [0.717, 1.165) is 28.4 Å². The first-order valence-electron chi connectivity index (χ1n) is 8.14. The van der Waals surface area contributed by atoms with Crippen LogP contribution in [0.2, 0.25) is 0 Å². The zero-order chi connectivity index (χ0) is 17.7. The molecule has 1 aromatic rings. The predicted octanol–water partition coefficient (Wildman–Crippen LogP) is 3.08. The van der Waals surface area contributed by atoms with Crippen LogP contribution >= 0.6 is 15.9 Å². The number of methoxy groups -OCH3 is 1. The van der Waals surface area contributed by atoms with Crippen LogP contribution in [0.3, 0.4) is 0 Å². The lowest BCUT2D eigenvalue weighted by Crippen LogP contribution is -2.57. The second-order valence-corrected chi connectivity index (χ2v) is 7.50. The predicted molar refractivity (Wildman–Crippen MR) is 94.9 cm³/mol. The van der Waals surface area contributed by atoms with Crippen molar-refractivity contribution < 1.29 is 19.4 Å². The lowest BCUT2D eigenvalue weighted by molar-refractivity contribution is -0.149. The highest BCUT2D eigenvalue weighted by atomic mass is 79.9. The van der Waals surface area contributed by atoms with Crippen LogP contribution in [0.15, 0.2) is 22.7 Å². The van der Waals surface area contributed by atoms with E-state index in [1.165, 1.54) is 0 Å². The fourth-order valence-electron chi connectivity index (χ4n) is 3.28. The second kappa shape index (κ2) is 8.12. The maximum Gasteiger partial charge on any atom is 0.329 e. The van der Waals surface area contributed by atoms with E-state index >= 15 is 0 Å². The van der Waals surface area contributed by atoms with Crippen LogP contribution in [-0.4, -0.2) is 36.2 Å². The van der Waals surface area contributed by atoms with Gasteiger partial charge in [0.15, 0.2) is 0 Å². The Labute approximate surface area is 150 Å². The number of carboxylic acid groups (broad SMARTS) is 1. The molecule has 1 fully saturated rings. The molecule has 2 N–H and O–H groups in total. The van der Waals surface area contributed by atoms with E-state index < -0.39 is 11.5 Å². The Morgan fingerprint density at radius 3 is 2.62 bits per heavy atom. The van der Waals surface area contributed by atoms with Gasteiger partial charge in [0, 0.05) is 18.2 Å². The molecule has 1 aliphatic rings. The van der Waals surface area contributed by atoms with Crippen molar-refractivity contribution in [3.05, 3.63) is 33.8 Å². The first-order valence-corrected chi connectivity index (χ1v) is 8.94. The Morgan fingerprint density at radius 2 is 2.04 bits per heavy atom. The Balaban J connectivity index is 2.04. The molecule has 0 saturated heterocycles. The fourth-order valence-corrected chi connectivity index (χ4v) is 3.69. The molecular weight excluding hydrogens is 374 g/mol. The largest absolute Gasteiger partial charge is 0.480 e. The van der Waals surface area contributed by atoms with Gasteiger partial charge in [0.05, 0.1) is 6.42 Å². The standard InChI is InChI=1S/C18H24BrNO4/c1-12-3-4-15(19)9-14(12)10-16(21)20-18(17(22)23)7-5-13(6-8-18)11-24-2/h3-4,9,13H,5-8,10-11H2,1-2H3,(H,20,21)(H,22,23). The number of halogens is 1. The minimum absolute atomic E-state index is 0.182. The number of amides is 1. The molecular formula is C18H24BrNO4. The number of carbonyl (C=O) groups excluding carboxylic acids is 1. The molecule has 1 saturated carbocycles. The molecule has 0 spiro atoms. The van der Waals surface area contributed by atoms with Gasteiger partial charge in [-0.3, -0.25) is 4.79 Å². The summed E-state index contributed by atoms with van der Waals surface area (Å²) in [5.74, 6) is -0.826. The molecule has 1 aromatic carbocycles. The highest BCUT2D eigenvalue weighted by Gasteiger charge is 2.43. The van der Waals surface area contributed by atoms with Gasteiger partial charge in [-0.25, -0.2) is 4.79 Å². The van der Waals surface area contributed by atoms with Crippen LogP contribution in [0.25, 0.3) is 0 Å². The summed E-state index contributed by atoms with van der Waals surface area (Å²) in [5, 5.41) is 12.5. The Morgan fingerprint density at radius 1 is 1.38 bits per heavy atom. The number of hydrogen-bond acceptors (Lipinski definition) is 3. The van der Waals surface area contributed by atoms with Gasteiger partial charge >= 0.3 is 5.97 Å². The number of carbonyl (C=O) groups is 2. The third kappa shape index (κ3) is 4.57. The molecule has 24 heavy (non-hydrogen) atoms. The van der Waals surface area contributed by atoms with Crippen molar-refractivity contribution in [2.24, 2.45) is 5.92 Å². The smallest absolute Gasteiger partial charge is 0.329 e. The summed E-state index contributed by atoms with van der Waals surface area (Å²) >= 11 is 3.40. The fraction of sp³-hybridized carbons (Fsp3) is 0.556. The summed E-state index contributed by atoms with van der Waals surface area (Å²) in [5.41, 5.74) is 0.762. The van der Waals surface area contributed by atoms with Gasteiger partial charge in [-0.05, 0) is 61.8 Å². The van der Waals surface area contributed by atoms with Crippen LogP contribution in [0, 0.1) is 12.8 Å². The maximum absolute atomic E-state index is 12.4. The van der Waals surface area contributed by atoms with Crippen molar-refractivity contribution in [2.75, 3.05) is 13.7 Å². The molecule has 0 bridgehead atoms. The third-order valence-electron chi connectivity index (χ3n) is 4.81. The summed E-state index contributed by atoms with van der Waals surface area (Å²) in [7, 11) is 1.65. The monoisotopic (exact) mass is 397 g/mol. The molecule has 132 valence electrons. The number of nitrogens with one attached hydrogen (secondary N) is 1. The topological polar surface area (TPSA) is 75.6 Å². The molecule has 6 heteroatoms. The van der Waals surface area contributed by atoms with Gasteiger partial charge in [0.25, 0.3) is 0 Å². The number of ether oxygens (including phenoxy) is 1. The van der Waals surface area contributed by atoms with Gasteiger partial charge in [-0.15, -0.1) is 0 Å². The molecule has 1 aliphatic carbocycles. The zero-order valence-electron chi connectivity index (χ0n) is 14.1. The summed E-state index contributed by atoms with van der Waals surface area (Å²) in [4.78, 5) is 24.2. The normalized spacial score (nSPS) is 23.7. The molecule has 0 unspecified atom stereocenters. The quantitative estimate of drug-likeness (QED) is 0.773. The minimum atomic E-state index is -1.15. The van der Waals surface area contributed by atoms with E-state index in [9.17, 15) is 14.7 Å². The van der Waals surface area contributed by atoms with Gasteiger partial charge in [0.1, 0.15) is 5.54 Å². The summed E-state index contributed by atoms with van der Waals surface area (Å²) < 4.78 is 6.06. The number of hydrogen-bond donors (Lipinski definition) is 2. The molecule has 0 radical (unpaired) electrons. The summed E-state index contributed by atoms with van der Waals surface area (Å²) in [6, 6.07) is 5.76. The van der Waals surface area contributed by atoms with E-state index in [0.29, 0.717) is 25.4 Å². The van der Waals surface area contributed by atoms with Crippen LogP contribution in [0.4, 0.5) is 0 Å². The van der Waals surface area contributed by atoms with Gasteiger partial charge < -0.3 is 15.2 Å². The molecule has 5 nitrogen and oxygen atoms in total. The third-order valence-corrected chi connectivity index (χ3v) is 5.30. The lowest BCUT2D eigenvalue weighted by Gasteiger charge is -2.37. The maximum atomic E-state index is 12.4. The number of carboxylic acids is 1. The molecule has 1 amide bonds. The average molecular weight is 398 g/mol. The van der Waals surface area contributed by atoms with Crippen LogP contribution in [0.1, 0.15) is 36.8 Å². The van der Waals surface area contributed by atoms with Crippen molar-refractivity contribution in [1.29, 1.82) is 0 Å². The highest BCUT2D eigenvalue weighted by Crippen LogP contribution is 2.33. The number of benzene rings is 1. The molecule has 0 aliphatic heterocycles. The van der Waals surface area contributed by atoms with E-state index in [4.69, 9.17) is 4.74 Å². The van der Waals surface area contributed by atoms with Crippen molar-refractivity contribution >= 4 is 27.8 Å². The molecule has 0 heterocycles. The van der Waals surface area contributed by atoms with Crippen LogP contribution < -0.4 is 5.32 Å². The van der Waals surface area contributed by atoms with Gasteiger partial charge in [0.2, 0.25) is 5.91 Å². The summed E-state index contributed by atoms with van der Waals surface area (Å²) in [6.07, 6.45) is 2.56. The van der Waals surface area contributed by atoms with E-state index in [-0.39, 0.29) is 12.3 Å². The summed E-state index contributed by atoms with van der Waals surface area (Å²) in [6.45, 7) is 2.58. The zero-order valence-corrected chi connectivity index (χ0v) is 15.7. The van der Waals surface area contributed by atoms with Crippen LogP contribution in [-0.2, 0) is 20.7 Å². The Kier molecular flexibility index (Phi) is 6.40. The Bertz CT molecular complexity index is 609. The molecule has 0 aromatic heterocycles. The molecule has 2 rings (SSSR count). The Hall–Kier alpha value is -1.40. The van der Waals surface area contributed by atoms with E-state index in [1.54, 1.807) is 7.11 Å². The molecule has 0 atom stereocenters. The SMILES string of the molecule is COCC1CCC(NC(=O)Cc2cc(Br)ccc2C)(C(=O)O)CC1. The van der Waals surface area contributed by atoms with Gasteiger partial charge in [-0.1, -0.05) is 22.0 Å². The van der Waals surface area contributed by atoms with E-state index in [1.807, 2.05) is 25.1 Å². The highest BCUT2D eigenvalue weighted by molar-refractivity contribution is 9.10. The average Bonchev–Trinajstić information content (AvgIpc) is 2.53. The number of aryl methyl sites for hydroxylation is 1. The number of aliphatic carboxylic acids is 1. The number of rotatable bonds is 6. The van der Waals surface area contributed by atoms with Gasteiger partial charge in [-0.2, -0.15) is 0 Å². The lowest BCUT2D eigenvalue weighted by atomic mass is 9.76. The van der Waals surface area contributed by atoms with Crippen molar-refractivity contribution in [3.63, 3.8) is 0 Å².